The number of rotatable bonds is 5. The third-order valence-corrected chi connectivity index (χ3v) is 4.09. The van der Waals surface area contributed by atoms with Gasteiger partial charge < -0.3 is 16.6 Å². The molecule has 0 radical (unpaired) electrons. The molecule has 0 saturated heterocycles. The van der Waals surface area contributed by atoms with Crippen molar-refractivity contribution in [2.24, 2.45) is 5.73 Å². The van der Waals surface area contributed by atoms with E-state index in [4.69, 9.17) is 25.6 Å². The Morgan fingerprint density at radius 3 is 2.45 bits per heavy atom. The van der Waals surface area contributed by atoms with E-state index >= 15 is 0 Å². The van der Waals surface area contributed by atoms with Crippen LogP contribution in [0, 0.1) is 17.5 Å². The Hall–Kier alpha value is -2.81. The number of nitrogens with two attached hydrogens (primary N) is 1. The second-order valence-electron chi connectivity index (χ2n) is 6.31. The van der Waals surface area contributed by atoms with Gasteiger partial charge in [-0.2, -0.15) is 13.2 Å². The summed E-state index contributed by atoms with van der Waals surface area (Å²) in [5.74, 6) is -7.42. The average molecular weight is 509 g/mol. The van der Waals surface area contributed by atoms with Gasteiger partial charge in [0.1, 0.15) is 5.82 Å². The van der Waals surface area contributed by atoms with Gasteiger partial charge in [0.25, 0.3) is 0 Å². The van der Waals surface area contributed by atoms with Crippen molar-refractivity contribution < 1.29 is 58.5 Å². The number of aromatic nitrogens is 3. The lowest BCUT2D eigenvalue weighted by Gasteiger charge is -2.29. The van der Waals surface area contributed by atoms with E-state index < -0.39 is 87.5 Å². The molecule has 0 fully saturated rings. The Kier molecular flexibility index (Phi) is 6.84. The summed E-state index contributed by atoms with van der Waals surface area (Å²) in [6, 6.07) is -0.383. The molecule has 3 N–H and O–H groups in total. The van der Waals surface area contributed by atoms with Gasteiger partial charge in [-0.05, 0) is 18.1 Å². The number of nitrogens with zero attached hydrogens (tertiary/aromatic N) is 4. The highest BCUT2D eigenvalue weighted by Gasteiger charge is 2.40. The molecule has 10 nitrogen and oxygen atoms in total. The van der Waals surface area contributed by atoms with Crippen LogP contribution in [-0.2, 0) is 44.2 Å². The Balaban J connectivity index is 0.00000189. The molecule has 1 atom stereocenters. The maximum absolute atomic E-state index is 13.8. The summed E-state index contributed by atoms with van der Waals surface area (Å²) in [6.07, 6.45) is -6.28. The fourth-order valence-electron chi connectivity index (χ4n) is 2.57. The fourth-order valence-corrected chi connectivity index (χ4v) is 2.57. The summed E-state index contributed by atoms with van der Waals surface area (Å²) in [6.45, 7) is -7.52. The van der Waals surface area contributed by atoms with Gasteiger partial charge in [-0.25, -0.2) is 27.6 Å². The zero-order valence-corrected chi connectivity index (χ0v) is 16.9. The molecule has 0 bridgehead atoms. The molecule has 3 rings (SSSR count). The van der Waals surface area contributed by atoms with E-state index in [1.54, 1.807) is 0 Å². The summed E-state index contributed by atoms with van der Waals surface area (Å²) in [5, 5.41) is 13.2. The Morgan fingerprint density at radius 2 is 1.88 bits per heavy atom. The molecule has 184 valence electrons. The first-order valence-corrected chi connectivity index (χ1v) is 9.61. The second kappa shape index (κ2) is 10.9. The highest BCUT2D eigenvalue weighted by atomic mass is 31.1. The molecular weight excluding hydrogens is 487 g/mol. The van der Waals surface area contributed by atoms with E-state index in [0.717, 1.165) is 0 Å². The van der Waals surface area contributed by atoms with Crippen LogP contribution in [0.3, 0.4) is 0 Å². The first-order chi connectivity index (χ1) is 16.8. The standard InChI is InChI=1S/C16H15F6N5O.HO4P.H/c17-10-6-12(19)11(18)4-8(10)3-9(23)5-14(28)26-1-2-27-13(7-26)24-25-15(27)16(20,21)22;1-4-5(2)3;/h4,6,9H,1-3,5,7,23H2;1H;/q;;-1/p+1/t9-;;/m0../s1/i1D2,2D2;;. The highest BCUT2D eigenvalue weighted by Crippen LogP contribution is 2.29. The summed E-state index contributed by atoms with van der Waals surface area (Å²) in [5.41, 5.74) is 5.40. The van der Waals surface area contributed by atoms with Crippen LogP contribution in [0.1, 0.15) is 32.0 Å². The fraction of sp³-hybridized carbons (Fsp3) is 0.438. The van der Waals surface area contributed by atoms with E-state index in [1.165, 1.54) is 0 Å². The number of amides is 1. The third-order valence-electron chi connectivity index (χ3n) is 3.96. The van der Waals surface area contributed by atoms with E-state index in [2.05, 4.69) is 14.9 Å². The number of hydrogen-bond acceptors (Lipinski definition) is 8. The normalized spacial score (nSPS) is 19.1. The second-order valence-corrected chi connectivity index (χ2v) is 6.92. The number of halogens is 6. The molecule has 1 aliphatic heterocycles. The van der Waals surface area contributed by atoms with Gasteiger partial charge in [0.05, 0.1) is 12.0 Å². The lowest BCUT2D eigenvalue weighted by molar-refractivity contribution is -0.148. The van der Waals surface area contributed by atoms with E-state index in [9.17, 15) is 31.1 Å². The topological polar surface area (TPSA) is 141 Å². The van der Waals surface area contributed by atoms with Crippen molar-refractivity contribution in [3.05, 3.63) is 46.8 Å². The van der Waals surface area contributed by atoms with Crippen LogP contribution in [0.15, 0.2) is 12.1 Å². The maximum atomic E-state index is 13.8. The van der Waals surface area contributed by atoms with Crippen molar-refractivity contribution in [3.8, 4) is 0 Å². The Labute approximate surface area is 190 Å². The van der Waals surface area contributed by atoms with Crippen LogP contribution < -0.4 is 5.73 Å². The first kappa shape index (κ1) is 20.8. The minimum absolute atomic E-state index is 0. The van der Waals surface area contributed by atoms with Crippen LogP contribution in [0.5, 0.6) is 0 Å². The van der Waals surface area contributed by atoms with Gasteiger partial charge in [0, 0.05) is 31.5 Å². The quantitative estimate of drug-likeness (QED) is 0.206. The van der Waals surface area contributed by atoms with Crippen molar-refractivity contribution in [2.75, 3.05) is 6.50 Å². The maximum Gasteiger partial charge on any atom is 1.00 e. The van der Waals surface area contributed by atoms with E-state index in [1.807, 2.05) is 0 Å². The first-order valence-electron chi connectivity index (χ1n) is 10.5. The predicted octanol–water partition coefficient (Wildman–Crippen LogP) is 2.81. The minimum Gasteiger partial charge on any atom is -1.00 e. The molecule has 1 aromatic carbocycles. The van der Waals surface area contributed by atoms with E-state index in [-0.39, 0.29) is 13.0 Å². The largest absolute Gasteiger partial charge is 1.00 e. The van der Waals surface area contributed by atoms with Crippen LogP contribution in [0.2, 0.25) is 0 Å². The molecule has 33 heavy (non-hydrogen) atoms. The zero-order chi connectivity index (χ0) is 28.5. The van der Waals surface area contributed by atoms with Crippen molar-refractivity contribution in [1.82, 2.24) is 19.7 Å². The summed E-state index contributed by atoms with van der Waals surface area (Å²) in [4.78, 5) is 13.0. The van der Waals surface area contributed by atoms with Crippen molar-refractivity contribution in [1.29, 1.82) is 0 Å². The average Bonchev–Trinajstić information content (AvgIpc) is 3.20. The van der Waals surface area contributed by atoms with Gasteiger partial charge in [0.15, 0.2) is 17.5 Å². The van der Waals surface area contributed by atoms with Gasteiger partial charge in [-0.1, -0.05) is 0 Å². The summed E-state index contributed by atoms with van der Waals surface area (Å²) >= 11 is 0. The van der Waals surface area contributed by atoms with Gasteiger partial charge in [0.2, 0.25) is 11.7 Å². The molecule has 17 heteroatoms. The highest BCUT2D eigenvalue weighted by molar-refractivity contribution is 7.24. The number of hydrogen-bond donors (Lipinski definition) is 2. The molecule has 1 aliphatic rings. The molecule has 2 heterocycles. The van der Waals surface area contributed by atoms with Crippen LogP contribution in [0.4, 0.5) is 26.3 Å². The predicted molar refractivity (Wildman–Crippen MR) is 97.3 cm³/mol. The molecule has 2 aromatic rings. The molecule has 0 unspecified atom stereocenters. The van der Waals surface area contributed by atoms with E-state index in [0.29, 0.717) is 17.0 Å². The van der Waals surface area contributed by atoms with Crippen molar-refractivity contribution in [2.45, 2.75) is 38.1 Å². The SMILES string of the molecule is O=P(=O)OO.[2H]C1([2H])N(C(=O)C[C@@H](N)Cc2cc(F)c(F)cc2F)Cc2nnc(C(F)(F)F)n2C1([2H])[2H].[H+].[H-]. The number of fused-ring (bicyclic) bond motifs is 1. The molecule has 0 spiro atoms. The van der Waals surface area contributed by atoms with Crippen molar-refractivity contribution >= 4 is 13.8 Å². The summed E-state index contributed by atoms with van der Waals surface area (Å²) in [7, 11) is -3.04. The number of carbonyl (C=O) groups excluding carboxylic acids is 1. The Bertz CT molecular complexity index is 1240. The van der Waals surface area contributed by atoms with Gasteiger partial charge in [-0.15, -0.1) is 14.9 Å². The Morgan fingerprint density at radius 1 is 1.27 bits per heavy atom. The minimum atomic E-state index is -5.13. The molecule has 1 aromatic heterocycles. The van der Waals surface area contributed by atoms with Gasteiger partial charge >= 0.3 is 15.5 Å². The van der Waals surface area contributed by atoms with Gasteiger partial charge in [-0.3, -0.25) is 4.79 Å². The summed E-state index contributed by atoms with van der Waals surface area (Å²) < 4.78 is 132. The molecular formula is C16H18F6N5O5P. The lowest BCUT2D eigenvalue weighted by Crippen LogP contribution is -2.42. The molecule has 0 aliphatic carbocycles. The number of carbonyl (C=O) groups is 1. The number of benzene rings is 1. The van der Waals surface area contributed by atoms with Crippen LogP contribution >= 0.6 is 7.91 Å². The van der Waals surface area contributed by atoms with Crippen LogP contribution in [0.25, 0.3) is 0 Å². The molecule has 1 amide bonds. The monoisotopic (exact) mass is 509 g/mol. The molecule has 0 saturated carbocycles. The number of alkyl halides is 3. The van der Waals surface area contributed by atoms with Crippen molar-refractivity contribution in [3.63, 3.8) is 0 Å². The van der Waals surface area contributed by atoms with Crippen LogP contribution in [-0.4, -0.2) is 43.4 Å². The third kappa shape index (κ3) is 7.08. The lowest BCUT2D eigenvalue weighted by atomic mass is 10.0. The zero-order valence-electron chi connectivity index (χ0n) is 22.0. The smallest absolute Gasteiger partial charge is 1.00 e.